The largest absolute Gasteiger partial charge is 0.489 e. The van der Waals surface area contributed by atoms with Crippen molar-refractivity contribution in [2.24, 2.45) is 0 Å². The number of carbonyl (C=O) groups is 2. The highest BCUT2D eigenvalue weighted by Crippen LogP contribution is 2.24. The van der Waals surface area contributed by atoms with Crippen LogP contribution in [0.15, 0.2) is 42.5 Å². The Morgan fingerprint density at radius 1 is 1.06 bits per heavy atom. The zero-order valence-electron chi connectivity index (χ0n) is 19.0. The van der Waals surface area contributed by atoms with Crippen molar-refractivity contribution < 1.29 is 19.1 Å². The molecule has 33 heavy (non-hydrogen) atoms. The lowest BCUT2D eigenvalue weighted by atomic mass is 9.95. The number of para-hydroxylation sites is 2. The summed E-state index contributed by atoms with van der Waals surface area (Å²) in [5, 5.41) is 9.33. The fourth-order valence-corrected chi connectivity index (χ4v) is 3.96. The van der Waals surface area contributed by atoms with Crippen molar-refractivity contribution in [1.29, 1.82) is 0 Å². The molecule has 1 aliphatic carbocycles. The van der Waals surface area contributed by atoms with Crippen LogP contribution in [-0.4, -0.2) is 44.2 Å². The molecule has 3 rings (SSSR count). The first kappa shape index (κ1) is 24.9. The number of anilines is 2. The maximum absolute atomic E-state index is 12.7. The van der Waals surface area contributed by atoms with Gasteiger partial charge in [0.1, 0.15) is 12.4 Å². The van der Waals surface area contributed by atoms with Gasteiger partial charge in [-0.05, 0) is 50.1 Å². The number of nitrogens with one attached hydrogen (secondary N) is 3. The molecule has 3 N–H and O–H groups in total. The SMILES string of the molecule is CCOCCOc1ccccc1NCC(=O)Nc1ccc(Cl)c(C(=O)NC2CCCCC2)c1. The number of carbonyl (C=O) groups excluding carboxylic acids is 2. The fourth-order valence-electron chi connectivity index (χ4n) is 3.76. The van der Waals surface area contributed by atoms with Crippen LogP contribution < -0.4 is 20.7 Å². The Balaban J connectivity index is 1.54. The average molecular weight is 474 g/mol. The highest BCUT2D eigenvalue weighted by Gasteiger charge is 2.19. The summed E-state index contributed by atoms with van der Waals surface area (Å²) >= 11 is 6.26. The van der Waals surface area contributed by atoms with Crippen molar-refractivity contribution >= 4 is 34.8 Å². The van der Waals surface area contributed by atoms with Gasteiger partial charge < -0.3 is 25.4 Å². The summed E-state index contributed by atoms with van der Waals surface area (Å²) in [5.74, 6) is 0.192. The Labute approximate surface area is 200 Å². The standard InChI is InChI=1S/C25H32ClN3O4/c1-2-32-14-15-33-23-11-7-6-10-22(23)27-17-24(30)28-19-12-13-21(26)20(16-19)25(31)29-18-8-4-3-5-9-18/h6-7,10-13,16,18,27H,2-5,8-9,14-15,17H2,1H3,(H,28,30)(H,29,31). The van der Waals surface area contributed by atoms with E-state index in [1.165, 1.54) is 6.42 Å². The third kappa shape index (κ3) is 7.94. The fraction of sp³-hybridized carbons (Fsp3) is 0.440. The van der Waals surface area contributed by atoms with Gasteiger partial charge in [-0.2, -0.15) is 0 Å². The maximum atomic E-state index is 12.7. The first-order valence-electron chi connectivity index (χ1n) is 11.5. The predicted octanol–water partition coefficient (Wildman–Crippen LogP) is 4.87. The van der Waals surface area contributed by atoms with Gasteiger partial charge in [0.15, 0.2) is 0 Å². The molecular formula is C25H32ClN3O4. The molecule has 0 aliphatic heterocycles. The van der Waals surface area contributed by atoms with Crippen LogP contribution in [0.3, 0.4) is 0 Å². The van der Waals surface area contributed by atoms with E-state index in [2.05, 4.69) is 16.0 Å². The lowest BCUT2D eigenvalue weighted by Gasteiger charge is -2.23. The van der Waals surface area contributed by atoms with Crippen LogP contribution in [0.25, 0.3) is 0 Å². The van der Waals surface area contributed by atoms with Crippen molar-refractivity contribution in [2.75, 3.05) is 37.0 Å². The van der Waals surface area contributed by atoms with E-state index in [9.17, 15) is 9.59 Å². The Morgan fingerprint density at radius 2 is 1.85 bits per heavy atom. The first-order valence-corrected chi connectivity index (χ1v) is 11.9. The minimum atomic E-state index is -0.250. The van der Waals surface area contributed by atoms with Gasteiger partial charge in [-0.25, -0.2) is 0 Å². The summed E-state index contributed by atoms with van der Waals surface area (Å²) in [7, 11) is 0. The van der Waals surface area contributed by atoms with Crippen LogP contribution in [0.2, 0.25) is 5.02 Å². The van der Waals surface area contributed by atoms with Gasteiger partial charge >= 0.3 is 0 Å². The smallest absolute Gasteiger partial charge is 0.253 e. The minimum absolute atomic E-state index is 0.0397. The molecule has 1 aliphatic rings. The molecule has 0 spiro atoms. The van der Waals surface area contributed by atoms with E-state index in [-0.39, 0.29) is 24.4 Å². The van der Waals surface area contributed by atoms with E-state index in [4.69, 9.17) is 21.1 Å². The van der Waals surface area contributed by atoms with Crippen LogP contribution in [0, 0.1) is 0 Å². The molecule has 0 aromatic heterocycles. The second kappa shape index (κ2) is 13.1. The molecule has 0 saturated heterocycles. The Morgan fingerprint density at radius 3 is 2.64 bits per heavy atom. The number of benzene rings is 2. The van der Waals surface area contributed by atoms with Crippen molar-refractivity contribution in [1.82, 2.24) is 5.32 Å². The molecule has 0 unspecified atom stereocenters. The van der Waals surface area contributed by atoms with Gasteiger partial charge in [0.25, 0.3) is 5.91 Å². The molecule has 2 aromatic rings. The van der Waals surface area contributed by atoms with Crippen LogP contribution in [-0.2, 0) is 9.53 Å². The molecule has 0 bridgehead atoms. The number of halogens is 1. The van der Waals surface area contributed by atoms with Gasteiger partial charge in [-0.3, -0.25) is 9.59 Å². The van der Waals surface area contributed by atoms with E-state index in [0.29, 0.717) is 47.5 Å². The summed E-state index contributed by atoms with van der Waals surface area (Å²) in [4.78, 5) is 25.2. The Bertz CT molecular complexity index is 932. The minimum Gasteiger partial charge on any atom is -0.489 e. The van der Waals surface area contributed by atoms with Crippen molar-refractivity contribution in [3.8, 4) is 5.75 Å². The molecule has 178 valence electrons. The van der Waals surface area contributed by atoms with E-state index in [1.54, 1.807) is 18.2 Å². The summed E-state index contributed by atoms with van der Waals surface area (Å²) in [6.07, 6.45) is 5.45. The third-order valence-electron chi connectivity index (χ3n) is 5.45. The second-order valence-corrected chi connectivity index (χ2v) is 8.35. The van der Waals surface area contributed by atoms with E-state index < -0.39 is 0 Å². The molecule has 0 atom stereocenters. The van der Waals surface area contributed by atoms with E-state index in [1.807, 2.05) is 31.2 Å². The van der Waals surface area contributed by atoms with E-state index in [0.717, 1.165) is 25.7 Å². The molecule has 1 saturated carbocycles. The number of hydrogen-bond acceptors (Lipinski definition) is 5. The Kier molecular flexibility index (Phi) is 9.84. The second-order valence-electron chi connectivity index (χ2n) is 7.95. The van der Waals surface area contributed by atoms with Crippen molar-refractivity contribution in [3.05, 3.63) is 53.1 Å². The quantitative estimate of drug-likeness (QED) is 0.405. The van der Waals surface area contributed by atoms with Gasteiger partial charge in [-0.15, -0.1) is 0 Å². The van der Waals surface area contributed by atoms with Crippen LogP contribution in [0.1, 0.15) is 49.4 Å². The van der Waals surface area contributed by atoms with Crippen LogP contribution in [0.4, 0.5) is 11.4 Å². The molecule has 2 aromatic carbocycles. The van der Waals surface area contributed by atoms with Gasteiger partial charge in [0, 0.05) is 18.3 Å². The number of ether oxygens (including phenoxy) is 2. The lowest BCUT2D eigenvalue weighted by Crippen LogP contribution is -2.36. The first-order chi connectivity index (χ1) is 16.1. The average Bonchev–Trinajstić information content (AvgIpc) is 2.83. The van der Waals surface area contributed by atoms with Crippen LogP contribution in [0.5, 0.6) is 5.75 Å². The molecule has 0 radical (unpaired) electrons. The van der Waals surface area contributed by atoms with Crippen molar-refractivity contribution in [2.45, 2.75) is 45.1 Å². The van der Waals surface area contributed by atoms with E-state index >= 15 is 0 Å². The number of amides is 2. The summed E-state index contributed by atoms with van der Waals surface area (Å²) < 4.78 is 11.0. The summed E-state index contributed by atoms with van der Waals surface area (Å²) in [6, 6.07) is 12.5. The zero-order valence-corrected chi connectivity index (χ0v) is 19.7. The van der Waals surface area contributed by atoms with Gasteiger partial charge in [0.2, 0.25) is 5.91 Å². The number of rotatable bonds is 11. The predicted molar refractivity (Wildman–Crippen MR) is 131 cm³/mol. The number of hydrogen-bond donors (Lipinski definition) is 3. The Hall–Kier alpha value is -2.77. The molecule has 8 heteroatoms. The summed E-state index contributed by atoms with van der Waals surface area (Å²) in [6.45, 7) is 3.53. The highest BCUT2D eigenvalue weighted by atomic mass is 35.5. The molecular weight excluding hydrogens is 442 g/mol. The van der Waals surface area contributed by atoms with Gasteiger partial charge in [-0.1, -0.05) is 43.0 Å². The topological polar surface area (TPSA) is 88.7 Å². The van der Waals surface area contributed by atoms with Gasteiger partial charge in [0.05, 0.1) is 29.4 Å². The summed E-state index contributed by atoms with van der Waals surface area (Å²) in [5.41, 5.74) is 1.59. The van der Waals surface area contributed by atoms with Crippen molar-refractivity contribution in [3.63, 3.8) is 0 Å². The highest BCUT2D eigenvalue weighted by molar-refractivity contribution is 6.34. The zero-order chi connectivity index (χ0) is 23.5. The molecule has 1 fully saturated rings. The lowest BCUT2D eigenvalue weighted by molar-refractivity contribution is -0.114. The normalized spacial score (nSPS) is 13.9. The molecule has 2 amide bonds. The molecule has 0 heterocycles. The maximum Gasteiger partial charge on any atom is 0.253 e. The van der Waals surface area contributed by atoms with Crippen LogP contribution >= 0.6 is 11.6 Å². The monoisotopic (exact) mass is 473 g/mol. The molecule has 7 nitrogen and oxygen atoms in total. The third-order valence-corrected chi connectivity index (χ3v) is 5.78.